The molecular formula is C11H18F2N2O. The van der Waals surface area contributed by atoms with Crippen molar-refractivity contribution in [2.75, 3.05) is 6.54 Å². The van der Waals surface area contributed by atoms with Crippen molar-refractivity contribution in [1.82, 2.24) is 5.32 Å². The molecule has 2 fully saturated rings. The summed E-state index contributed by atoms with van der Waals surface area (Å²) in [5, 5.41) is 2.32. The van der Waals surface area contributed by atoms with Gasteiger partial charge in [-0.05, 0) is 31.1 Å². The van der Waals surface area contributed by atoms with Crippen molar-refractivity contribution >= 4 is 5.91 Å². The Morgan fingerprint density at radius 2 is 2.12 bits per heavy atom. The molecule has 4 atom stereocenters. The number of hydrogen-bond acceptors (Lipinski definition) is 2. The maximum absolute atomic E-state index is 12.6. The highest BCUT2D eigenvalue weighted by molar-refractivity contribution is 5.79. The highest BCUT2D eigenvalue weighted by Crippen LogP contribution is 2.48. The quantitative estimate of drug-likeness (QED) is 0.766. The maximum atomic E-state index is 12.6. The Morgan fingerprint density at radius 1 is 1.44 bits per heavy atom. The van der Waals surface area contributed by atoms with Gasteiger partial charge in [-0.3, -0.25) is 4.79 Å². The van der Waals surface area contributed by atoms with Crippen LogP contribution >= 0.6 is 0 Å². The van der Waals surface area contributed by atoms with Crippen LogP contribution in [0.3, 0.4) is 0 Å². The van der Waals surface area contributed by atoms with E-state index in [9.17, 15) is 13.6 Å². The van der Waals surface area contributed by atoms with Crippen LogP contribution in [0.5, 0.6) is 0 Å². The van der Waals surface area contributed by atoms with Gasteiger partial charge in [0.2, 0.25) is 5.91 Å². The highest BCUT2D eigenvalue weighted by Gasteiger charge is 2.47. The van der Waals surface area contributed by atoms with E-state index in [0.717, 1.165) is 26.2 Å². The van der Waals surface area contributed by atoms with E-state index < -0.39 is 12.5 Å². The van der Waals surface area contributed by atoms with Crippen LogP contribution in [0.4, 0.5) is 8.78 Å². The minimum atomic E-state index is -2.83. The Bertz CT molecular complexity index is 290. The Labute approximate surface area is 93.8 Å². The molecule has 2 aliphatic rings. The molecule has 1 unspecified atom stereocenters. The number of rotatable bonds is 3. The van der Waals surface area contributed by atoms with Crippen LogP contribution < -0.4 is 11.1 Å². The lowest BCUT2D eigenvalue weighted by molar-refractivity contribution is -0.126. The molecule has 0 aromatic rings. The largest absolute Gasteiger partial charge is 0.350 e. The lowest BCUT2D eigenvalue weighted by atomic mass is 9.72. The summed E-state index contributed by atoms with van der Waals surface area (Å²) in [5.41, 5.74) is 5.82. The van der Waals surface area contributed by atoms with Crippen molar-refractivity contribution in [2.24, 2.45) is 23.5 Å². The van der Waals surface area contributed by atoms with Gasteiger partial charge in [0.1, 0.15) is 0 Å². The number of carbonyl (C=O) groups is 1. The molecule has 0 radical (unpaired) electrons. The Kier molecular flexibility index (Phi) is 2.90. The van der Waals surface area contributed by atoms with Gasteiger partial charge in [0.25, 0.3) is 5.92 Å². The van der Waals surface area contributed by atoms with Crippen molar-refractivity contribution in [1.29, 1.82) is 0 Å². The van der Waals surface area contributed by atoms with Crippen molar-refractivity contribution in [3.63, 3.8) is 0 Å². The highest BCUT2D eigenvalue weighted by atomic mass is 19.3. The number of amides is 1. The molecule has 1 amide bonds. The van der Waals surface area contributed by atoms with Gasteiger partial charge in [0.05, 0.1) is 6.54 Å². The number of nitrogens with one attached hydrogen (secondary N) is 1. The fourth-order valence-electron chi connectivity index (χ4n) is 2.88. The number of nitrogens with two attached hydrogens (primary N) is 1. The molecule has 2 aliphatic carbocycles. The van der Waals surface area contributed by atoms with E-state index in [1.807, 2.05) is 0 Å². The Morgan fingerprint density at radius 3 is 2.62 bits per heavy atom. The predicted molar refractivity (Wildman–Crippen MR) is 55.9 cm³/mol. The fraction of sp³-hybridized carbons (Fsp3) is 0.909. The summed E-state index contributed by atoms with van der Waals surface area (Å²) >= 11 is 0. The van der Waals surface area contributed by atoms with Crippen LogP contribution in [0.2, 0.25) is 0 Å². The molecule has 0 aromatic heterocycles. The summed E-state index contributed by atoms with van der Waals surface area (Å²) in [6.45, 7) is 0.241. The average molecular weight is 232 g/mol. The second kappa shape index (κ2) is 3.95. The summed E-state index contributed by atoms with van der Waals surface area (Å²) in [6, 6.07) is 0.218. The smallest absolute Gasteiger partial charge is 0.262 e. The van der Waals surface area contributed by atoms with Crippen molar-refractivity contribution in [3.8, 4) is 0 Å². The van der Waals surface area contributed by atoms with E-state index >= 15 is 0 Å². The minimum absolute atomic E-state index is 0.106. The van der Waals surface area contributed by atoms with Crippen LogP contribution in [0.25, 0.3) is 0 Å². The Hall–Kier alpha value is -0.710. The first-order valence-corrected chi connectivity index (χ1v) is 5.78. The molecule has 0 aromatic carbocycles. The third kappa shape index (κ3) is 2.34. The molecule has 0 spiro atoms. The van der Waals surface area contributed by atoms with Crippen LogP contribution in [-0.4, -0.2) is 24.4 Å². The monoisotopic (exact) mass is 232 g/mol. The molecule has 2 rings (SSSR count). The molecule has 16 heavy (non-hydrogen) atoms. The van der Waals surface area contributed by atoms with E-state index in [2.05, 4.69) is 5.32 Å². The minimum Gasteiger partial charge on any atom is -0.350 e. The number of hydrogen-bond donors (Lipinski definition) is 2. The zero-order chi connectivity index (χ0) is 11.9. The maximum Gasteiger partial charge on any atom is 0.262 e. The van der Waals surface area contributed by atoms with Crippen molar-refractivity contribution in [2.45, 2.75) is 38.2 Å². The first-order valence-electron chi connectivity index (χ1n) is 5.78. The topological polar surface area (TPSA) is 55.1 Å². The second-order valence-electron chi connectivity index (χ2n) is 5.28. The molecule has 0 bridgehead atoms. The van der Waals surface area contributed by atoms with Crippen molar-refractivity contribution < 1.29 is 13.6 Å². The third-order valence-corrected chi connectivity index (χ3v) is 3.82. The molecule has 2 saturated carbocycles. The van der Waals surface area contributed by atoms with E-state index in [4.69, 9.17) is 5.73 Å². The molecule has 0 aliphatic heterocycles. The van der Waals surface area contributed by atoms with Crippen LogP contribution in [0.15, 0.2) is 0 Å². The molecule has 5 heteroatoms. The van der Waals surface area contributed by atoms with Gasteiger partial charge < -0.3 is 11.1 Å². The average Bonchev–Trinajstić information content (AvgIpc) is 2.51. The van der Waals surface area contributed by atoms with Gasteiger partial charge in [-0.15, -0.1) is 0 Å². The lowest BCUT2D eigenvalue weighted by Crippen LogP contribution is -2.44. The van der Waals surface area contributed by atoms with Gasteiger partial charge >= 0.3 is 0 Å². The predicted octanol–water partition coefficient (Wildman–Crippen LogP) is 1.13. The summed E-state index contributed by atoms with van der Waals surface area (Å²) in [4.78, 5) is 11.6. The van der Waals surface area contributed by atoms with Gasteiger partial charge in [-0.2, -0.15) is 0 Å². The second-order valence-corrected chi connectivity index (χ2v) is 5.28. The van der Waals surface area contributed by atoms with Crippen LogP contribution in [0, 0.1) is 17.8 Å². The first kappa shape index (κ1) is 11.8. The SMILES string of the molecule is CC(F)(F)CNC(=O)C1C[C@@H]2C[C@H](N)[C@@H]2C1. The molecule has 92 valence electrons. The van der Waals surface area contributed by atoms with E-state index in [-0.39, 0.29) is 17.9 Å². The first-order chi connectivity index (χ1) is 7.37. The van der Waals surface area contributed by atoms with E-state index in [0.29, 0.717) is 11.8 Å². The number of fused-ring (bicyclic) bond motifs is 1. The van der Waals surface area contributed by atoms with Crippen LogP contribution in [0.1, 0.15) is 26.2 Å². The third-order valence-electron chi connectivity index (χ3n) is 3.82. The number of halogens is 2. The van der Waals surface area contributed by atoms with Crippen molar-refractivity contribution in [3.05, 3.63) is 0 Å². The van der Waals surface area contributed by atoms with Gasteiger partial charge in [-0.25, -0.2) is 8.78 Å². The fourth-order valence-corrected chi connectivity index (χ4v) is 2.88. The molecular weight excluding hydrogens is 214 g/mol. The van der Waals surface area contributed by atoms with E-state index in [1.165, 1.54) is 0 Å². The summed E-state index contributed by atoms with van der Waals surface area (Å²) in [5.74, 6) is -2.18. The van der Waals surface area contributed by atoms with Crippen LogP contribution in [-0.2, 0) is 4.79 Å². The normalized spacial score (nSPS) is 37.8. The number of alkyl halides is 2. The van der Waals surface area contributed by atoms with Gasteiger partial charge in [0, 0.05) is 18.9 Å². The standard InChI is InChI=1S/C11H18F2N2O/c1-11(12,13)5-15-10(16)7-2-6-4-9(14)8(6)3-7/h6-9H,2-5,14H2,1H3,(H,15,16)/t6-,7?,8-,9+/m1/s1. The molecule has 3 nitrogen and oxygen atoms in total. The Balaban J connectivity index is 1.79. The molecule has 3 N–H and O–H groups in total. The summed E-state index contributed by atoms with van der Waals surface area (Å²) in [6.07, 6.45) is 2.57. The summed E-state index contributed by atoms with van der Waals surface area (Å²) in [7, 11) is 0. The van der Waals surface area contributed by atoms with E-state index in [1.54, 1.807) is 0 Å². The zero-order valence-electron chi connectivity index (χ0n) is 9.38. The van der Waals surface area contributed by atoms with Gasteiger partial charge in [0.15, 0.2) is 0 Å². The zero-order valence-corrected chi connectivity index (χ0v) is 9.38. The molecule has 0 heterocycles. The summed E-state index contributed by atoms with van der Waals surface area (Å²) < 4.78 is 25.1. The number of carbonyl (C=O) groups excluding carboxylic acids is 1. The molecule has 0 saturated heterocycles. The van der Waals surface area contributed by atoms with Gasteiger partial charge in [-0.1, -0.05) is 0 Å². The lowest BCUT2D eigenvalue weighted by Gasteiger charge is -2.37.